The van der Waals surface area contributed by atoms with Gasteiger partial charge in [-0.1, -0.05) is 0 Å². The number of H-pyrrole nitrogens is 1. The fourth-order valence-corrected chi connectivity index (χ4v) is 1.58. The van der Waals surface area contributed by atoms with E-state index in [1.165, 1.54) is 6.07 Å². The minimum atomic E-state index is -0.137. The Morgan fingerprint density at radius 3 is 3.00 bits per heavy atom. The van der Waals surface area contributed by atoms with Crippen LogP contribution in [0.2, 0.25) is 0 Å². The first kappa shape index (κ1) is 7.61. The topological polar surface area (TPSA) is 46.0 Å². The summed E-state index contributed by atoms with van der Waals surface area (Å²) in [5, 5.41) is 0.932. The van der Waals surface area contributed by atoms with Gasteiger partial charge in [-0.2, -0.15) is 0 Å². The van der Waals surface area contributed by atoms with Gasteiger partial charge in [-0.25, -0.2) is 0 Å². The molecule has 2 rings (SSSR count). The monoisotopic (exact) mass is 227 g/mol. The van der Waals surface area contributed by atoms with Crippen LogP contribution in [0.3, 0.4) is 0 Å². The molecule has 0 radical (unpaired) electrons. The molecule has 0 amide bonds. The van der Waals surface area contributed by atoms with Gasteiger partial charge in [-0.15, -0.1) is 0 Å². The zero-order valence-corrected chi connectivity index (χ0v) is 7.94. The smallest absolute Gasteiger partial charge is 0.251 e. The molecule has 62 valence electrons. The number of aromatic amines is 1. The minimum Gasteiger partial charge on any atom is -0.449 e. The molecule has 0 atom stereocenters. The molecule has 2 aromatic rings. The van der Waals surface area contributed by atoms with Gasteiger partial charge in [0.25, 0.3) is 5.56 Å². The molecule has 4 heteroatoms. The lowest BCUT2D eigenvalue weighted by atomic mass is 10.2. The second-order valence-electron chi connectivity index (χ2n) is 2.59. The lowest BCUT2D eigenvalue weighted by Gasteiger charge is -1.91. The van der Waals surface area contributed by atoms with Gasteiger partial charge in [0.15, 0.2) is 4.67 Å². The lowest BCUT2D eigenvalue weighted by Crippen LogP contribution is -2.04. The average Bonchev–Trinajstić information content (AvgIpc) is 2.29. The van der Waals surface area contributed by atoms with Crippen molar-refractivity contribution in [3.8, 4) is 0 Å². The molecule has 12 heavy (non-hydrogen) atoms. The summed E-state index contributed by atoms with van der Waals surface area (Å²) in [6.07, 6.45) is 0. The number of halogens is 1. The van der Waals surface area contributed by atoms with E-state index in [0.29, 0.717) is 10.3 Å². The largest absolute Gasteiger partial charge is 0.449 e. The SMILES string of the molecule is Cc1[nH]c(=O)cc2oc(Br)cc12. The molecule has 2 aromatic heterocycles. The molecule has 0 aliphatic rings. The number of rotatable bonds is 0. The minimum absolute atomic E-state index is 0.137. The zero-order valence-electron chi connectivity index (χ0n) is 6.35. The number of nitrogens with one attached hydrogen (secondary N) is 1. The molecule has 0 bridgehead atoms. The number of fused-ring (bicyclic) bond motifs is 1. The van der Waals surface area contributed by atoms with Crippen molar-refractivity contribution >= 4 is 26.9 Å². The third-order valence-corrected chi connectivity index (χ3v) is 2.10. The van der Waals surface area contributed by atoms with Gasteiger partial charge in [0.05, 0.1) is 0 Å². The lowest BCUT2D eigenvalue weighted by molar-refractivity contribution is 0.586. The van der Waals surface area contributed by atoms with Crippen molar-refractivity contribution in [3.63, 3.8) is 0 Å². The van der Waals surface area contributed by atoms with Crippen molar-refractivity contribution in [3.05, 3.63) is 32.8 Å². The summed E-state index contributed by atoms with van der Waals surface area (Å²) in [6.45, 7) is 1.84. The number of pyridine rings is 1. The Labute approximate surface area is 76.5 Å². The van der Waals surface area contributed by atoms with Gasteiger partial charge < -0.3 is 9.40 Å². The molecule has 0 aliphatic heterocycles. The predicted octanol–water partition coefficient (Wildman–Crippen LogP) is 2.19. The Morgan fingerprint density at radius 2 is 2.25 bits per heavy atom. The van der Waals surface area contributed by atoms with Crippen molar-refractivity contribution in [2.45, 2.75) is 6.92 Å². The fraction of sp³-hybridized carbons (Fsp3) is 0.125. The Balaban J connectivity index is 2.97. The molecule has 3 nitrogen and oxygen atoms in total. The highest BCUT2D eigenvalue weighted by Gasteiger charge is 2.04. The number of aromatic nitrogens is 1. The van der Waals surface area contributed by atoms with Crippen LogP contribution < -0.4 is 5.56 Å². The van der Waals surface area contributed by atoms with Crippen molar-refractivity contribution < 1.29 is 4.42 Å². The van der Waals surface area contributed by atoms with Crippen LogP contribution >= 0.6 is 15.9 Å². The molecule has 0 fully saturated rings. The van der Waals surface area contributed by atoms with Crippen LogP contribution in [0.25, 0.3) is 11.0 Å². The molecule has 0 aromatic carbocycles. The summed E-state index contributed by atoms with van der Waals surface area (Å²) < 4.78 is 5.86. The second-order valence-corrected chi connectivity index (χ2v) is 3.37. The van der Waals surface area contributed by atoms with Crippen LogP contribution in [0.4, 0.5) is 0 Å². The molecule has 0 aliphatic carbocycles. The van der Waals surface area contributed by atoms with Gasteiger partial charge in [0.1, 0.15) is 5.58 Å². The molecule has 0 spiro atoms. The predicted molar refractivity (Wildman–Crippen MR) is 49.3 cm³/mol. The summed E-state index contributed by atoms with van der Waals surface area (Å²) in [7, 11) is 0. The van der Waals surface area contributed by atoms with Gasteiger partial charge in [0, 0.05) is 23.2 Å². The van der Waals surface area contributed by atoms with Crippen molar-refractivity contribution in [2.75, 3.05) is 0 Å². The highest BCUT2D eigenvalue weighted by atomic mass is 79.9. The third-order valence-electron chi connectivity index (χ3n) is 1.71. The first-order valence-electron chi connectivity index (χ1n) is 3.46. The Kier molecular flexibility index (Phi) is 1.58. The Morgan fingerprint density at radius 1 is 1.50 bits per heavy atom. The van der Waals surface area contributed by atoms with Gasteiger partial charge in [-0.05, 0) is 22.9 Å². The normalized spacial score (nSPS) is 10.8. The van der Waals surface area contributed by atoms with Gasteiger partial charge in [-0.3, -0.25) is 4.79 Å². The Bertz CT molecular complexity index is 483. The molecule has 0 saturated carbocycles. The maximum absolute atomic E-state index is 11.0. The van der Waals surface area contributed by atoms with Crippen molar-refractivity contribution in [1.82, 2.24) is 4.98 Å². The summed E-state index contributed by atoms with van der Waals surface area (Å²) in [6, 6.07) is 3.27. The molecule has 0 unspecified atom stereocenters. The van der Waals surface area contributed by atoms with E-state index in [4.69, 9.17) is 4.42 Å². The van der Waals surface area contributed by atoms with Crippen LogP contribution in [0.5, 0.6) is 0 Å². The van der Waals surface area contributed by atoms with Crippen LogP contribution in [0.15, 0.2) is 26.0 Å². The molecule has 0 saturated heterocycles. The quantitative estimate of drug-likeness (QED) is 0.751. The molecular formula is C8H6BrNO2. The number of furan rings is 1. The summed E-state index contributed by atoms with van der Waals surface area (Å²) in [5.41, 5.74) is 1.30. The van der Waals surface area contributed by atoms with Crippen LogP contribution in [0, 0.1) is 6.92 Å². The highest BCUT2D eigenvalue weighted by molar-refractivity contribution is 9.10. The highest BCUT2D eigenvalue weighted by Crippen LogP contribution is 2.23. The number of hydrogen-bond donors (Lipinski definition) is 1. The summed E-state index contributed by atoms with van der Waals surface area (Å²) >= 11 is 3.20. The van der Waals surface area contributed by atoms with E-state index >= 15 is 0 Å². The number of hydrogen-bond acceptors (Lipinski definition) is 2. The van der Waals surface area contributed by atoms with E-state index < -0.39 is 0 Å². The summed E-state index contributed by atoms with van der Waals surface area (Å²) in [5.74, 6) is 0. The molecule has 2 heterocycles. The maximum atomic E-state index is 11.0. The number of aryl methyl sites for hydroxylation is 1. The van der Waals surface area contributed by atoms with E-state index in [1.807, 2.05) is 13.0 Å². The molecule has 1 N–H and O–H groups in total. The first-order chi connectivity index (χ1) is 5.66. The van der Waals surface area contributed by atoms with Crippen molar-refractivity contribution in [1.29, 1.82) is 0 Å². The van der Waals surface area contributed by atoms with Crippen LogP contribution in [0.1, 0.15) is 5.69 Å². The van der Waals surface area contributed by atoms with Crippen molar-refractivity contribution in [2.24, 2.45) is 0 Å². The van der Waals surface area contributed by atoms with E-state index in [-0.39, 0.29) is 5.56 Å². The van der Waals surface area contributed by atoms with Crippen LogP contribution in [-0.2, 0) is 0 Å². The van der Waals surface area contributed by atoms with E-state index in [9.17, 15) is 4.79 Å². The van der Waals surface area contributed by atoms with E-state index in [2.05, 4.69) is 20.9 Å². The first-order valence-corrected chi connectivity index (χ1v) is 4.25. The second kappa shape index (κ2) is 2.48. The summed E-state index contributed by atoms with van der Waals surface area (Å²) in [4.78, 5) is 13.7. The van der Waals surface area contributed by atoms with Gasteiger partial charge >= 0.3 is 0 Å². The average molecular weight is 228 g/mol. The van der Waals surface area contributed by atoms with Gasteiger partial charge in [0.2, 0.25) is 0 Å². The van der Waals surface area contributed by atoms with E-state index in [0.717, 1.165) is 11.1 Å². The fourth-order valence-electron chi connectivity index (χ4n) is 1.18. The molecular weight excluding hydrogens is 222 g/mol. The standard InChI is InChI=1S/C8H6BrNO2/c1-4-5-2-7(9)12-6(5)3-8(11)10-4/h2-3H,1H3,(H,10,11). The van der Waals surface area contributed by atoms with Crippen LogP contribution in [-0.4, -0.2) is 4.98 Å². The van der Waals surface area contributed by atoms with E-state index in [1.54, 1.807) is 0 Å². The Hall–Kier alpha value is -1.03. The zero-order chi connectivity index (χ0) is 8.72. The third kappa shape index (κ3) is 1.08. The maximum Gasteiger partial charge on any atom is 0.251 e.